The van der Waals surface area contributed by atoms with E-state index in [1.54, 1.807) is 42.5 Å². The number of esters is 1. The molecule has 0 radical (unpaired) electrons. The first-order valence-corrected chi connectivity index (χ1v) is 11.6. The third-order valence-electron chi connectivity index (χ3n) is 4.50. The minimum absolute atomic E-state index is 0.0488. The van der Waals surface area contributed by atoms with E-state index in [1.165, 1.54) is 36.8 Å². The number of hydrogen-bond acceptors (Lipinski definition) is 7. The fraction of sp³-hybridized carbons (Fsp3) is 0.0909. The van der Waals surface area contributed by atoms with Crippen LogP contribution in [0.5, 0.6) is 0 Å². The summed E-state index contributed by atoms with van der Waals surface area (Å²) in [5.74, 6) is -0.324. The number of carbonyl (C=O) groups is 1. The highest BCUT2D eigenvalue weighted by atomic mass is 32.2. The van der Waals surface area contributed by atoms with E-state index in [4.69, 9.17) is 9.15 Å². The van der Waals surface area contributed by atoms with Gasteiger partial charge in [0.05, 0.1) is 16.1 Å². The fourth-order valence-corrected chi connectivity index (χ4v) is 4.92. The molecule has 0 atom stereocenters. The quantitative estimate of drug-likeness (QED) is 0.380. The molecule has 31 heavy (non-hydrogen) atoms. The van der Waals surface area contributed by atoms with E-state index in [0.717, 1.165) is 9.18 Å². The van der Waals surface area contributed by atoms with Crippen LogP contribution in [0, 0.1) is 0 Å². The SMILES string of the molecule is CN(c1ccccc1)S(=O)(=O)c1ccccc1C(=O)OCc1coc(-c2cccs2)n1. The van der Waals surface area contributed by atoms with Gasteiger partial charge in [0, 0.05) is 7.05 Å². The van der Waals surface area contributed by atoms with E-state index in [1.807, 2.05) is 17.5 Å². The molecule has 0 aliphatic carbocycles. The predicted octanol–water partition coefficient (Wildman–Crippen LogP) is 4.59. The molecule has 0 fully saturated rings. The molecular formula is C22H18N2O5S2. The second kappa shape index (κ2) is 8.75. The number of hydrogen-bond donors (Lipinski definition) is 0. The zero-order valence-corrected chi connectivity index (χ0v) is 18.1. The molecule has 0 N–H and O–H groups in total. The second-order valence-corrected chi connectivity index (χ2v) is 9.39. The summed E-state index contributed by atoms with van der Waals surface area (Å²) in [4.78, 5) is 17.7. The van der Waals surface area contributed by atoms with Crippen LogP contribution in [0.3, 0.4) is 0 Å². The van der Waals surface area contributed by atoms with Gasteiger partial charge in [0.2, 0.25) is 5.89 Å². The van der Waals surface area contributed by atoms with Gasteiger partial charge in [-0.15, -0.1) is 11.3 Å². The Hall–Kier alpha value is -3.43. The molecular weight excluding hydrogens is 436 g/mol. The van der Waals surface area contributed by atoms with Crippen molar-refractivity contribution in [2.45, 2.75) is 11.5 Å². The number of nitrogens with zero attached hydrogens (tertiary/aromatic N) is 2. The number of sulfonamides is 1. The summed E-state index contributed by atoms with van der Waals surface area (Å²) in [6.07, 6.45) is 1.41. The Labute approximate surface area is 183 Å². The van der Waals surface area contributed by atoms with Crippen molar-refractivity contribution in [1.29, 1.82) is 0 Å². The maximum Gasteiger partial charge on any atom is 0.339 e. The molecule has 158 valence electrons. The highest BCUT2D eigenvalue weighted by molar-refractivity contribution is 7.92. The lowest BCUT2D eigenvalue weighted by molar-refractivity contribution is 0.0463. The number of ether oxygens (including phenoxy) is 1. The number of carbonyl (C=O) groups excluding carboxylic acids is 1. The highest BCUT2D eigenvalue weighted by Crippen LogP contribution is 2.26. The first kappa shape index (κ1) is 20.8. The molecule has 0 aliphatic rings. The van der Waals surface area contributed by atoms with Crippen molar-refractivity contribution >= 4 is 33.0 Å². The molecule has 7 nitrogen and oxygen atoms in total. The number of anilines is 1. The van der Waals surface area contributed by atoms with E-state index in [-0.39, 0.29) is 17.1 Å². The number of benzene rings is 2. The molecule has 2 aromatic carbocycles. The van der Waals surface area contributed by atoms with Crippen LogP contribution in [0.4, 0.5) is 5.69 Å². The Morgan fingerprint density at radius 3 is 2.55 bits per heavy atom. The summed E-state index contributed by atoms with van der Waals surface area (Å²) >= 11 is 1.48. The van der Waals surface area contributed by atoms with E-state index in [2.05, 4.69) is 4.98 Å². The summed E-state index contributed by atoms with van der Waals surface area (Å²) < 4.78 is 38.2. The molecule has 0 spiro atoms. The largest absolute Gasteiger partial charge is 0.455 e. The Kier molecular flexibility index (Phi) is 5.88. The molecule has 2 aromatic heterocycles. The molecule has 0 amide bonds. The van der Waals surface area contributed by atoms with Crippen LogP contribution in [0.25, 0.3) is 10.8 Å². The molecule has 4 aromatic rings. The maximum absolute atomic E-state index is 13.2. The monoisotopic (exact) mass is 454 g/mol. The summed E-state index contributed by atoms with van der Waals surface area (Å²) in [6.45, 7) is -0.142. The van der Waals surface area contributed by atoms with E-state index in [0.29, 0.717) is 17.3 Å². The summed E-state index contributed by atoms with van der Waals surface area (Å²) in [5.41, 5.74) is 0.861. The van der Waals surface area contributed by atoms with Gasteiger partial charge in [-0.1, -0.05) is 36.4 Å². The van der Waals surface area contributed by atoms with Gasteiger partial charge in [0.25, 0.3) is 10.0 Å². The van der Waals surface area contributed by atoms with Crippen molar-refractivity contribution in [1.82, 2.24) is 4.98 Å². The van der Waals surface area contributed by atoms with E-state index >= 15 is 0 Å². The molecule has 0 bridgehead atoms. The number of para-hydroxylation sites is 1. The zero-order valence-electron chi connectivity index (χ0n) is 16.5. The predicted molar refractivity (Wildman–Crippen MR) is 117 cm³/mol. The van der Waals surface area contributed by atoms with E-state index in [9.17, 15) is 13.2 Å². The van der Waals surface area contributed by atoms with E-state index < -0.39 is 16.0 Å². The Balaban J connectivity index is 1.53. The van der Waals surface area contributed by atoms with Crippen molar-refractivity contribution in [2.75, 3.05) is 11.4 Å². The van der Waals surface area contributed by atoms with Crippen molar-refractivity contribution in [3.05, 3.63) is 89.6 Å². The third kappa shape index (κ3) is 4.37. The lowest BCUT2D eigenvalue weighted by atomic mass is 10.2. The molecule has 0 unspecified atom stereocenters. The number of thiophene rings is 1. The Morgan fingerprint density at radius 1 is 1.06 bits per heavy atom. The molecule has 4 rings (SSSR count). The zero-order chi connectivity index (χ0) is 21.8. The smallest absolute Gasteiger partial charge is 0.339 e. The van der Waals surface area contributed by atoms with Gasteiger partial charge in [-0.2, -0.15) is 0 Å². The minimum atomic E-state index is -3.98. The van der Waals surface area contributed by atoms with Gasteiger partial charge in [-0.3, -0.25) is 4.31 Å². The van der Waals surface area contributed by atoms with Crippen LogP contribution in [0.2, 0.25) is 0 Å². The van der Waals surface area contributed by atoms with Crippen LogP contribution >= 0.6 is 11.3 Å². The van der Waals surface area contributed by atoms with Crippen LogP contribution in [0.1, 0.15) is 16.1 Å². The highest BCUT2D eigenvalue weighted by Gasteiger charge is 2.27. The second-order valence-electron chi connectivity index (χ2n) is 6.50. The van der Waals surface area contributed by atoms with Crippen LogP contribution < -0.4 is 4.31 Å². The topological polar surface area (TPSA) is 89.7 Å². The lowest BCUT2D eigenvalue weighted by Crippen LogP contribution is -2.28. The number of oxazole rings is 1. The number of aromatic nitrogens is 1. The minimum Gasteiger partial charge on any atom is -0.455 e. The summed E-state index contributed by atoms with van der Waals surface area (Å²) in [6, 6.07) is 18.3. The molecule has 0 aliphatic heterocycles. The van der Waals surface area contributed by atoms with Gasteiger partial charge < -0.3 is 9.15 Å². The molecule has 0 saturated heterocycles. The number of rotatable bonds is 7. The Morgan fingerprint density at radius 2 is 1.81 bits per heavy atom. The van der Waals surface area contributed by atoms with Crippen LogP contribution in [-0.4, -0.2) is 26.4 Å². The van der Waals surface area contributed by atoms with Gasteiger partial charge >= 0.3 is 5.97 Å². The van der Waals surface area contributed by atoms with Crippen LogP contribution in [-0.2, 0) is 21.4 Å². The van der Waals surface area contributed by atoms with Gasteiger partial charge in [0.15, 0.2) is 0 Å². The summed E-state index contributed by atoms with van der Waals surface area (Å²) in [5, 5.41) is 1.91. The first-order valence-electron chi connectivity index (χ1n) is 9.25. The van der Waals surface area contributed by atoms with Crippen molar-refractivity contribution in [3.8, 4) is 10.8 Å². The molecule has 9 heteroatoms. The van der Waals surface area contributed by atoms with Gasteiger partial charge in [0.1, 0.15) is 23.5 Å². The maximum atomic E-state index is 13.2. The summed E-state index contributed by atoms with van der Waals surface area (Å²) in [7, 11) is -2.54. The molecule has 0 saturated carbocycles. The normalized spacial score (nSPS) is 11.3. The van der Waals surface area contributed by atoms with Gasteiger partial charge in [-0.05, 0) is 35.7 Å². The lowest BCUT2D eigenvalue weighted by Gasteiger charge is -2.20. The standard InChI is InChI=1S/C22H18N2O5S2/c1-24(17-8-3-2-4-9-17)31(26,27)20-12-6-5-10-18(20)22(25)29-15-16-14-28-21(23-16)19-11-7-13-30-19/h2-14H,15H2,1H3. The average Bonchev–Trinajstić information content (AvgIpc) is 3.49. The van der Waals surface area contributed by atoms with Gasteiger partial charge in [-0.25, -0.2) is 18.2 Å². The van der Waals surface area contributed by atoms with Crippen LogP contribution in [0.15, 0.2) is 87.7 Å². The van der Waals surface area contributed by atoms with Crippen molar-refractivity contribution in [2.24, 2.45) is 0 Å². The third-order valence-corrected chi connectivity index (χ3v) is 7.20. The van der Waals surface area contributed by atoms with Crippen molar-refractivity contribution in [3.63, 3.8) is 0 Å². The van der Waals surface area contributed by atoms with Crippen molar-refractivity contribution < 1.29 is 22.4 Å². The first-order chi connectivity index (χ1) is 15.0. The molecule has 2 heterocycles. The Bertz CT molecular complexity index is 1280. The average molecular weight is 455 g/mol. The fourth-order valence-electron chi connectivity index (χ4n) is 2.89.